The highest BCUT2D eigenvalue weighted by molar-refractivity contribution is 8.13. The lowest BCUT2D eigenvalue weighted by Gasteiger charge is -2.11. The Bertz CT molecular complexity index is 931. The summed E-state index contributed by atoms with van der Waals surface area (Å²) >= 11 is 19.2. The van der Waals surface area contributed by atoms with Crippen molar-refractivity contribution in [3.05, 3.63) is 55.5 Å². The highest BCUT2D eigenvalue weighted by Crippen LogP contribution is 2.42. The minimum Gasteiger partial charge on any atom is -0.454 e. The second kappa shape index (κ2) is 8.96. The zero-order valence-corrected chi connectivity index (χ0v) is 16.1. The summed E-state index contributed by atoms with van der Waals surface area (Å²) in [4.78, 5) is 14.7. The summed E-state index contributed by atoms with van der Waals surface area (Å²) in [7, 11) is 0. The van der Waals surface area contributed by atoms with Gasteiger partial charge in [-0.3, -0.25) is 15.4 Å². The SMILES string of the molecule is CSC(=Nc1cc(Oc2cccc(Cl)c2Cl)c(Cl)cc1[N+](=O)[O-])NC#N. The predicted molar refractivity (Wildman–Crippen MR) is 104 cm³/mol. The smallest absolute Gasteiger partial charge is 0.296 e. The van der Waals surface area contributed by atoms with Crippen LogP contribution in [0.5, 0.6) is 11.5 Å². The topological polar surface area (TPSA) is 101 Å². The molecule has 134 valence electrons. The zero-order valence-electron chi connectivity index (χ0n) is 13.0. The number of thioether (sulfide) groups is 1. The molecule has 0 fully saturated rings. The Balaban J connectivity index is 2.55. The second-order valence-electron chi connectivity index (χ2n) is 4.54. The summed E-state index contributed by atoms with van der Waals surface area (Å²) in [5.41, 5.74) is -0.384. The number of rotatable bonds is 4. The fraction of sp³-hybridized carbons (Fsp3) is 0.0667. The van der Waals surface area contributed by atoms with Gasteiger partial charge in [0.2, 0.25) is 0 Å². The lowest BCUT2D eigenvalue weighted by Crippen LogP contribution is -2.12. The maximum atomic E-state index is 11.3. The van der Waals surface area contributed by atoms with E-state index in [1.165, 1.54) is 6.07 Å². The first kappa shape index (κ1) is 20.1. The van der Waals surface area contributed by atoms with Gasteiger partial charge in [0.15, 0.2) is 11.4 Å². The number of nitrogens with one attached hydrogen (secondary N) is 1. The number of nitro benzene ring substituents is 1. The zero-order chi connectivity index (χ0) is 19.3. The van der Waals surface area contributed by atoms with Gasteiger partial charge in [0.05, 0.1) is 15.0 Å². The molecule has 11 heteroatoms. The average molecular weight is 432 g/mol. The van der Waals surface area contributed by atoms with Crippen molar-refractivity contribution in [1.82, 2.24) is 5.32 Å². The van der Waals surface area contributed by atoms with Crippen molar-refractivity contribution in [1.29, 1.82) is 5.26 Å². The first-order valence-electron chi connectivity index (χ1n) is 6.75. The Hall–Kier alpha value is -2.18. The number of halogens is 3. The molecule has 0 atom stereocenters. The van der Waals surface area contributed by atoms with Crippen molar-refractivity contribution in [2.75, 3.05) is 6.26 Å². The van der Waals surface area contributed by atoms with E-state index in [0.717, 1.165) is 17.8 Å². The van der Waals surface area contributed by atoms with Crippen LogP contribution in [0.25, 0.3) is 0 Å². The largest absolute Gasteiger partial charge is 0.454 e. The molecule has 0 radical (unpaired) electrons. The van der Waals surface area contributed by atoms with Crippen LogP contribution in [0.1, 0.15) is 0 Å². The highest BCUT2D eigenvalue weighted by Gasteiger charge is 2.20. The van der Waals surface area contributed by atoms with Gasteiger partial charge in [-0.25, -0.2) is 4.99 Å². The molecule has 0 aliphatic rings. The van der Waals surface area contributed by atoms with Crippen LogP contribution in [0, 0.1) is 21.6 Å². The van der Waals surface area contributed by atoms with Crippen LogP contribution in [0.4, 0.5) is 11.4 Å². The molecule has 0 amide bonds. The maximum Gasteiger partial charge on any atom is 0.296 e. The number of aliphatic imine (C=N–C) groups is 1. The van der Waals surface area contributed by atoms with Crippen LogP contribution < -0.4 is 10.1 Å². The first-order valence-corrected chi connectivity index (χ1v) is 9.10. The molecule has 0 aromatic heterocycles. The molecule has 2 rings (SSSR count). The first-order chi connectivity index (χ1) is 12.4. The Morgan fingerprint density at radius 3 is 2.65 bits per heavy atom. The summed E-state index contributed by atoms with van der Waals surface area (Å²) in [6, 6.07) is 7.18. The van der Waals surface area contributed by atoms with E-state index >= 15 is 0 Å². The van der Waals surface area contributed by atoms with Gasteiger partial charge in [-0.1, -0.05) is 52.6 Å². The lowest BCUT2D eigenvalue weighted by atomic mass is 10.2. The third-order valence-corrected chi connectivity index (χ3v) is 4.62. The van der Waals surface area contributed by atoms with Gasteiger partial charge < -0.3 is 4.74 Å². The molecule has 0 heterocycles. The average Bonchev–Trinajstić information content (AvgIpc) is 2.60. The second-order valence-corrected chi connectivity index (χ2v) is 6.53. The van der Waals surface area contributed by atoms with Gasteiger partial charge in [-0.15, -0.1) is 0 Å². The minimum absolute atomic E-state index is 0.00867. The molecule has 0 saturated heterocycles. The molecule has 2 aromatic rings. The quantitative estimate of drug-likeness (QED) is 0.165. The van der Waals surface area contributed by atoms with Crippen LogP contribution in [-0.4, -0.2) is 16.3 Å². The van der Waals surface area contributed by atoms with Crippen molar-refractivity contribution in [3.8, 4) is 17.7 Å². The van der Waals surface area contributed by atoms with Crippen molar-refractivity contribution in [2.45, 2.75) is 0 Å². The molecule has 0 bridgehead atoms. The van der Waals surface area contributed by atoms with Crippen molar-refractivity contribution < 1.29 is 9.66 Å². The molecular formula is C15H9Cl3N4O3S. The normalized spacial score (nSPS) is 11.0. The van der Waals surface area contributed by atoms with Crippen LogP contribution >= 0.6 is 46.6 Å². The molecule has 0 aliphatic heterocycles. The van der Waals surface area contributed by atoms with Gasteiger partial charge in [-0.2, -0.15) is 5.26 Å². The standard InChI is InChI=1S/C15H9Cl3N4O3S/c1-26-15(20-7-19)21-10-6-13(9(17)5-11(10)22(23)24)25-12-4-2-3-8(16)14(12)18/h2-6H,1H3,(H,20,21). The molecule has 0 unspecified atom stereocenters. The number of nitriles is 1. The molecule has 0 aliphatic carbocycles. The summed E-state index contributed by atoms with van der Waals surface area (Å²) in [5, 5.41) is 22.9. The Morgan fingerprint density at radius 2 is 2.04 bits per heavy atom. The Kier molecular flexibility index (Phi) is 6.94. The maximum absolute atomic E-state index is 11.3. The van der Waals surface area contributed by atoms with Crippen molar-refractivity contribution in [3.63, 3.8) is 0 Å². The number of hydrogen-bond donors (Lipinski definition) is 1. The summed E-state index contributed by atoms with van der Waals surface area (Å²) < 4.78 is 5.64. The summed E-state index contributed by atoms with van der Waals surface area (Å²) in [6.45, 7) is 0. The fourth-order valence-electron chi connectivity index (χ4n) is 1.81. The lowest BCUT2D eigenvalue weighted by molar-refractivity contribution is -0.384. The monoisotopic (exact) mass is 430 g/mol. The summed E-state index contributed by atoms with van der Waals surface area (Å²) in [6.07, 6.45) is 3.37. The summed E-state index contributed by atoms with van der Waals surface area (Å²) in [5.74, 6) is 0.322. The van der Waals surface area contributed by atoms with Crippen LogP contribution in [0.3, 0.4) is 0 Å². The van der Waals surface area contributed by atoms with Gasteiger partial charge in [0, 0.05) is 12.1 Å². The molecule has 0 saturated carbocycles. The van der Waals surface area contributed by atoms with Crippen LogP contribution in [-0.2, 0) is 0 Å². The van der Waals surface area contributed by atoms with E-state index in [1.54, 1.807) is 30.6 Å². The third-order valence-electron chi connectivity index (χ3n) is 2.94. The Morgan fingerprint density at radius 1 is 1.31 bits per heavy atom. The molecule has 26 heavy (non-hydrogen) atoms. The number of nitrogens with zero attached hydrogens (tertiary/aromatic N) is 3. The van der Waals surface area contributed by atoms with E-state index in [9.17, 15) is 10.1 Å². The van der Waals surface area contributed by atoms with Gasteiger partial charge >= 0.3 is 0 Å². The van der Waals surface area contributed by atoms with E-state index in [2.05, 4.69) is 10.3 Å². The Labute approximate surface area is 167 Å². The van der Waals surface area contributed by atoms with E-state index in [4.69, 9.17) is 44.8 Å². The number of benzene rings is 2. The third kappa shape index (κ3) is 4.71. The van der Waals surface area contributed by atoms with Crippen LogP contribution in [0.15, 0.2) is 35.3 Å². The molecule has 7 nitrogen and oxygen atoms in total. The van der Waals surface area contributed by atoms with E-state index < -0.39 is 4.92 Å². The van der Waals surface area contributed by atoms with Gasteiger partial charge in [-0.05, 0) is 18.4 Å². The number of nitro groups is 1. The van der Waals surface area contributed by atoms with Crippen LogP contribution in [0.2, 0.25) is 15.1 Å². The van der Waals surface area contributed by atoms with Crippen molar-refractivity contribution in [2.24, 2.45) is 4.99 Å². The number of amidine groups is 1. The number of hydrogen-bond acceptors (Lipinski definition) is 6. The number of ether oxygens (including phenoxy) is 1. The van der Waals surface area contributed by atoms with Crippen molar-refractivity contribution >= 4 is 63.1 Å². The van der Waals surface area contributed by atoms with E-state index in [-0.39, 0.29) is 43.1 Å². The van der Waals surface area contributed by atoms with Gasteiger partial charge in [0.25, 0.3) is 5.69 Å². The fourth-order valence-corrected chi connectivity index (χ4v) is 2.67. The van der Waals surface area contributed by atoms with E-state index in [0.29, 0.717) is 0 Å². The predicted octanol–water partition coefficient (Wildman–Crippen LogP) is 5.77. The minimum atomic E-state index is -0.634. The van der Waals surface area contributed by atoms with Gasteiger partial charge in [0.1, 0.15) is 22.2 Å². The molecule has 2 aromatic carbocycles. The van der Waals surface area contributed by atoms with E-state index in [1.807, 2.05) is 0 Å². The molecule has 1 N–H and O–H groups in total. The molecule has 0 spiro atoms. The molecular weight excluding hydrogens is 423 g/mol. The highest BCUT2D eigenvalue weighted by atomic mass is 35.5.